The molecule has 1 aliphatic rings. The summed E-state index contributed by atoms with van der Waals surface area (Å²) < 4.78 is 26.7. The molecule has 2 aromatic rings. The highest BCUT2D eigenvalue weighted by Gasteiger charge is 2.24. The molecule has 0 aliphatic heterocycles. The van der Waals surface area contributed by atoms with Crippen molar-refractivity contribution in [2.75, 3.05) is 18.4 Å². The normalized spacial score (nSPS) is 17.0. The van der Waals surface area contributed by atoms with E-state index in [1.165, 1.54) is 32.7 Å². The lowest BCUT2D eigenvalue weighted by Crippen LogP contribution is -2.30. The number of hydrogen-bond acceptors (Lipinski definition) is 5. The van der Waals surface area contributed by atoms with Crippen molar-refractivity contribution >= 4 is 32.4 Å². The van der Waals surface area contributed by atoms with Crippen molar-refractivity contribution in [3.8, 4) is 0 Å². The van der Waals surface area contributed by atoms with E-state index in [-0.39, 0.29) is 10.8 Å². The van der Waals surface area contributed by atoms with Gasteiger partial charge in [-0.1, -0.05) is 26.8 Å². The van der Waals surface area contributed by atoms with Gasteiger partial charge in [0.1, 0.15) is 0 Å². The first-order chi connectivity index (χ1) is 12.8. The van der Waals surface area contributed by atoms with Gasteiger partial charge in [-0.05, 0) is 43.4 Å². The predicted molar refractivity (Wildman–Crippen MR) is 108 cm³/mol. The summed E-state index contributed by atoms with van der Waals surface area (Å²) in [5.41, 5.74) is 1.39. The Morgan fingerprint density at radius 1 is 1.33 bits per heavy atom. The number of rotatable bonds is 6. The van der Waals surface area contributed by atoms with Gasteiger partial charge < -0.3 is 0 Å². The molecule has 3 rings (SSSR count). The molecule has 0 unspecified atom stereocenters. The van der Waals surface area contributed by atoms with E-state index >= 15 is 0 Å². The molecule has 1 amide bonds. The zero-order valence-corrected chi connectivity index (χ0v) is 17.5. The fourth-order valence-corrected chi connectivity index (χ4v) is 5.94. The summed E-state index contributed by atoms with van der Waals surface area (Å²) in [6.45, 7) is 6.59. The van der Waals surface area contributed by atoms with Crippen molar-refractivity contribution in [3.05, 3.63) is 40.4 Å². The zero-order valence-electron chi connectivity index (χ0n) is 15.9. The van der Waals surface area contributed by atoms with E-state index < -0.39 is 10.0 Å². The highest BCUT2D eigenvalue weighted by atomic mass is 32.2. The third-order valence-corrected chi connectivity index (χ3v) is 7.93. The Bertz CT molecular complexity index is 933. The molecule has 0 saturated heterocycles. The molecule has 1 heterocycles. The number of nitrogens with one attached hydrogen (secondary N) is 1. The number of fused-ring (bicyclic) bond motifs is 1. The number of thiazole rings is 1. The van der Waals surface area contributed by atoms with Crippen LogP contribution in [0.15, 0.2) is 29.2 Å². The van der Waals surface area contributed by atoms with Gasteiger partial charge in [0.05, 0.1) is 10.6 Å². The van der Waals surface area contributed by atoms with Gasteiger partial charge in [0, 0.05) is 23.5 Å². The Balaban J connectivity index is 1.80. The van der Waals surface area contributed by atoms with Crippen molar-refractivity contribution in [1.29, 1.82) is 0 Å². The van der Waals surface area contributed by atoms with E-state index in [2.05, 4.69) is 17.2 Å². The molecule has 1 aromatic heterocycles. The average molecular weight is 408 g/mol. The minimum atomic E-state index is -3.60. The van der Waals surface area contributed by atoms with Crippen LogP contribution >= 0.6 is 11.3 Å². The van der Waals surface area contributed by atoms with Crippen molar-refractivity contribution in [3.63, 3.8) is 0 Å². The molecule has 0 saturated carbocycles. The Morgan fingerprint density at radius 3 is 2.78 bits per heavy atom. The molecule has 0 radical (unpaired) electrons. The highest BCUT2D eigenvalue weighted by molar-refractivity contribution is 7.89. The van der Waals surface area contributed by atoms with Crippen LogP contribution in [-0.2, 0) is 22.9 Å². The van der Waals surface area contributed by atoms with Crippen molar-refractivity contribution < 1.29 is 13.2 Å². The largest absolute Gasteiger partial charge is 0.298 e. The summed E-state index contributed by atoms with van der Waals surface area (Å²) in [5, 5.41) is 3.41. The lowest BCUT2D eigenvalue weighted by Gasteiger charge is -2.18. The van der Waals surface area contributed by atoms with Gasteiger partial charge in [-0.15, -0.1) is 11.3 Å². The number of nitrogens with zero attached hydrogens (tertiary/aromatic N) is 2. The predicted octanol–water partition coefficient (Wildman–Crippen LogP) is 3.55. The Kier molecular flexibility index (Phi) is 5.98. The Labute approximate surface area is 164 Å². The third kappa shape index (κ3) is 4.23. The molecule has 27 heavy (non-hydrogen) atoms. The number of amides is 1. The first-order valence-electron chi connectivity index (χ1n) is 9.25. The Hall–Kier alpha value is -1.77. The summed E-state index contributed by atoms with van der Waals surface area (Å²) in [6.07, 6.45) is 3.07. The maximum atomic E-state index is 12.7. The molecule has 1 N–H and O–H groups in total. The fourth-order valence-electron chi connectivity index (χ4n) is 3.27. The van der Waals surface area contributed by atoms with Gasteiger partial charge in [0.15, 0.2) is 5.13 Å². The molecule has 0 fully saturated rings. The second-order valence-corrected chi connectivity index (χ2v) is 9.83. The Morgan fingerprint density at radius 2 is 2.07 bits per heavy atom. The first-order valence-corrected chi connectivity index (χ1v) is 11.5. The number of carbonyl (C=O) groups is 1. The molecular weight excluding hydrogens is 382 g/mol. The zero-order chi connectivity index (χ0) is 19.6. The summed E-state index contributed by atoms with van der Waals surface area (Å²) in [7, 11) is -3.60. The molecule has 146 valence electrons. The topological polar surface area (TPSA) is 79.4 Å². The summed E-state index contributed by atoms with van der Waals surface area (Å²) >= 11 is 1.51. The second kappa shape index (κ2) is 8.08. The van der Waals surface area contributed by atoms with Crippen molar-refractivity contribution in [1.82, 2.24) is 9.29 Å². The van der Waals surface area contributed by atoms with Crippen LogP contribution in [0.2, 0.25) is 0 Å². The number of carbonyl (C=O) groups excluding carboxylic acids is 1. The van der Waals surface area contributed by atoms with Gasteiger partial charge in [-0.2, -0.15) is 4.31 Å². The minimum Gasteiger partial charge on any atom is -0.298 e. The lowest BCUT2D eigenvalue weighted by molar-refractivity contribution is 0.102. The lowest BCUT2D eigenvalue weighted by atomic mass is 9.93. The molecule has 1 aliphatic carbocycles. The van der Waals surface area contributed by atoms with Crippen LogP contribution in [-0.4, -0.2) is 36.7 Å². The number of benzene rings is 1. The van der Waals surface area contributed by atoms with Crippen LogP contribution in [0.25, 0.3) is 0 Å². The standard InChI is InChI=1S/C19H25N3O3S2/c1-4-22(5-2)27(24,25)15-8-6-7-14(12-15)18(23)21-19-20-16-10-9-13(3)11-17(16)26-19/h6-8,12-13H,4-5,9-11H2,1-3H3,(H,20,21,23)/t13-/m1/s1. The van der Waals surface area contributed by atoms with Crippen LogP contribution in [0.1, 0.15) is 48.1 Å². The fraction of sp³-hybridized carbons (Fsp3) is 0.474. The van der Waals surface area contributed by atoms with Crippen LogP contribution in [0, 0.1) is 5.92 Å². The smallest absolute Gasteiger partial charge is 0.257 e. The second-order valence-electron chi connectivity index (χ2n) is 6.81. The SMILES string of the molecule is CCN(CC)S(=O)(=O)c1cccc(C(=O)Nc2nc3c(s2)C[C@H](C)CC3)c1. The monoisotopic (exact) mass is 407 g/mol. The third-order valence-electron chi connectivity index (χ3n) is 4.85. The molecule has 8 heteroatoms. The summed E-state index contributed by atoms with van der Waals surface area (Å²) in [4.78, 5) is 18.5. The van der Waals surface area contributed by atoms with E-state index in [9.17, 15) is 13.2 Å². The van der Waals surface area contributed by atoms with Crippen molar-refractivity contribution in [2.24, 2.45) is 5.92 Å². The average Bonchev–Trinajstić information content (AvgIpc) is 3.03. The minimum absolute atomic E-state index is 0.131. The maximum absolute atomic E-state index is 12.7. The van der Waals surface area contributed by atoms with Crippen LogP contribution in [0.3, 0.4) is 0 Å². The van der Waals surface area contributed by atoms with E-state index in [1.807, 2.05) is 0 Å². The first kappa shape index (κ1) is 20.0. The molecular formula is C19H25N3O3S2. The van der Waals surface area contributed by atoms with E-state index in [0.717, 1.165) is 25.0 Å². The van der Waals surface area contributed by atoms with Gasteiger partial charge in [0.25, 0.3) is 5.91 Å². The number of sulfonamides is 1. The number of hydrogen-bond donors (Lipinski definition) is 1. The van der Waals surface area contributed by atoms with E-state index in [0.29, 0.717) is 29.7 Å². The van der Waals surface area contributed by atoms with Gasteiger partial charge in [-0.3, -0.25) is 10.1 Å². The van der Waals surface area contributed by atoms with Crippen LogP contribution in [0.4, 0.5) is 5.13 Å². The molecule has 1 atom stereocenters. The number of aromatic nitrogens is 1. The number of aryl methyl sites for hydroxylation is 1. The molecule has 1 aromatic carbocycles. The quantitative estimate of drug-likeness (QED) is 0.794. The summed E-state index contributed by atoms with van der Waals surface area (Å²) in [6, 6.07) is 6.17. The molecule has 6 nitrogen and oxygen atoms in total. The van der Waals surface area contributed by atoms with Gasteiger partial charge in [0.2, 0.25) is 10.0 Å². The van der Waals surface area contributed by atoms with Gasteiger partial charge in [-0.25, -0.2) is 13.4 Å². The molecule has 0 bridgehead atoms. The highest BCUT2D eigenvalue weighted by Crippen LogP contribution is 2.32. The summed E-state index contributed by atoms with van der Waals surface area (Å²) in [5.74, 6) is 0.300. The van der Waals surface area contributed by atoms with Crippen LogP contribution in [0.5, 0.6) is 0 Å². The van der Waals surface area contributed by atoms with E-state index in [4.69, 9.17) is 0 Å². The maximum Gasteiger partial charge on any atom is 0.257 e. The van der Waals surface area contributed by atoms with E-state index in [1.54, 1.807) is 26.0 Å². The molecule has 0 spiro atoms. The van der Waals surface area contributed by atoms with Crippen molar-refractivity contribution in [2.45, 2.75) is 44.9 Å². The van der Waals surface area contributed by atoms with Gasteiger partial charge >= 0.3 is 0 Å². The number of anilines is 1. The van der Waals surface area contributed by atoms with Crippen LogP contribution < -0.4 is 5.32 Å².